The summed E-state index contributed by atoms with van der Waals surface area (Å²) in [5.74, 6) is 0.403. The van der Waals surface area contributed by atoms with Crippen molar-refractivity contribution in [1.29, 1.82) is 0 Å². The van der Waals surface area contributed by atoms with Crippen LogP contribution in [0.4, 0.5) is 0 Å². The fourth-order valence-electron chi connectivity index (χ4n) is 1.71. The average Bonchev–Trinajstić information content (AvgIpc) is 2.06. The SMILES string of the molecule is CC(C)c1cc(C(C)(C)C)n(C)c(=O)c1. The molecule has 0 aliphatic heterocycles. The lowest BCUT2D eigenvalue weighted by Crippen LogP contribution is -2.27. The van der Waals surface area contributed by atoms with Crippen LogP contribution in [-0.4, -0.2) is 4.57 Å². The van der Waals surface area contributed by atoms with E-state index >= 15 is 0 Å². The van der Waals surface area contributed by atoms with Crippen molar-refractivity contribution in [2.24, 2.45) is 7.05 Å². The molecule has 0 saturated heterocycles. The second-order valence-electron chi connectivity index (χ2n) is 5.48. The van der Waals surface area contributed by atoms with E-state index in [0.717, 1.165) is 11.3 Å². The maximum Gasteiger partial charge on any atom is 0.250 e. The highest BCUT2D eigenvalue weighted by Crippen LogP contribution is 2.23. The first-order valence-electron chi connectivity index (χ1n) is 5.45. The summed E-state index contributed by atoms with van der Waals surface area (Å²) in [6.45, 7) is 10.6. The lowest BCUT2D eigenvalue weighted by molar-refractivity contribution is 0.528. The quantitative estimate of drug-likeness (QED) is 0.694. The lowest BCUT2D eigenvalue weighted by atomic mass is 9.89. The Bertz CT molecular complexity index is 408. The summed E-state index contributed by atoms with van der Waals surface area (Å²) in [5.41, 5.74) is 2.33. The average molecular weight is 207 g/mol. The van der Waals surface area contributed by atoms with Crippen molar-refractivity contribution in [2.45, 2.75) is 46.0 Å². The van der Waals surface area contributed by atoms with Crippen molar-refractivity contribution in [3.8, 4) is 0 Å². The number of hydrogen-bond acceptors (Lipinski definition) is 1. The molecule has 0 bridgehead atoms. The largest absolute Gasteiger partial charge is 0.315 e. The second-order valence-corrected chi connectivity index (χ2v) is 5.48. The Balaban J connectivity index is 3.46. The topological polar surface area (TPSA) is 22.0 Å². The van der Waals surface area contributed by atoms with Crippen molar-refractivity contribution in [2.75, 3.05) is 0 Å². The molecule has 15 heavy (non-hydrogen) atoms. The van der Waals surface area contributed by atoms with E-state index in [1.54, 1.807) is 10.6 Å². The number of rotatable bonds is 1. The number of hydrogen-bond donors (Lipinski definition) is 0. The van der Waals surface area contributed by atoms with Gasteiger partial charge in [-0.05, 0) is 17.5 Å². The van der Waals surface area contributed by atoms with E-state index in [1.807, 2.05) is 7.05 Å². The number of aromatic nitrogens is 1. The lowest BCUT2D eigenvalue weighted by Gasteiger charge is -2.23. The minimum Gasteiger partial charge on any atom is -0.315 e. The van der Waals surface area contributed by atoms with Crippen LogP contribution in [0.5, 0.6) is 0 Å². The van der Waals surface area contributed by atoms with E-state index in [2.05, 4.69) is 40.7 Å². The molecule has 1 aromatic heterocycles. The van der Waals surface area contributed by atoms with Gasteiger partial charge in [-0.2, -0.15) is 0 Å². The van der Waals surface area contributed by atoms with Crippen LogP contribution in [0.15, 0.2) is 16.9 Å². The van der Waals surface area contributed by atoms with Gasteiger partial charge in [-0.1, -0.05) is 34.6 Å². The zero-order valence-electron chi connectivity index (χ0n) is 10.6. The fraction of sp³-hybridized carbons (Fsp3) is 0.615. The van der Waals surface area contributed by atoms with Gasteiger partial charge in [0, 0.05) is 24.2 Å². The van der Waals surface area contributed by atoms with Gasteiger partial charge >= 0.3 is 0 Å². The monoisotopic (exact) mass is 207 g/mol. The van der Waals surface area contributed by atoms with Gasteiger partial charge in [-0.15, -0.1) is 0 Å². The molecular formula is C13H21NO. The van der Waals surface area contributed by atoms with Crippen LogP contribution < -0.4 is 5.56 Å². The van der Waals surface area contributed by atoms with Crippen molar-refractivity contribution in [1.82, 2.24) is 4.57 Å². The molecule has 0 aliphatic carbocycles. The maximum atomic E-state index is 11.8. The van der Waals surface area contributed by atoms with Gasteiger partial charge in [-0.3, -0.25) is 4.79 Å². The molecule has 1 heterocycles. The molecule has 0 fully saturated rings. The Morgan fingerprint density at radius 3 is 2.13 bits per heavy atom. The molecule has 0 unspecified atom stereocenters. The molecule has 0 saturated carbocycles. The first kappa shape index (κ1) is 12.0. The van der Waals surface area contributed by atoms with Gasteiger partial charge in [0.2, 0.25) is 0 Å². The molecule has 1 rings (SSSR count). The molecule has 0 spiro atoms. The minimum atomic E-state index is 0.0127. The van der Waals surface area contributed by atoms with E-state index in [0.29, 0.717) is 5.92 Å². The van der Waals surface area contributed by atoms with Gasteiger partial charge in [0.05, 0.1) is 0 Å². The van der Waals surface area contributed by atoms with E-state index in [1.165, 1.54) is 0 Å². The van der Waals surface area contributed by atoms with Crippen LogP contribution >= 0.6 is 0 Å². The smallest absolute Gasteiger partial charge is 0.250 e. The van der Waals surface area contributed by atoms with Crippen LogP contribution in [0.3, 0.4) is 0 Å². The second kappa shape index (κ2) is 3.84. The molecule has 84 valence electrons. The van der Waals surface area contributed by atoms with Crippen LogP contribution in [0, 0.1) is 0 Å². The molecule has 0 aliphatic rings. The van der Waals surface area contributed by atoms with Gasteiger partial charge < -0.3 is 4.57 Å². The van der Waals surface area contributed by atoms with Crippen LogP contribution in [0.2, 0.25) is 0 Å². The van der Waals surface area contributed by atoms with Crippen molar-refractivity contribution in [3.05, 3.63) is 33.7 Å². The predicted molar refractivity (Wildman–Crippen MR) is 64.5 cm³/mol. The molecular weight excluding hydrogens is 186 g/mol. The van der Waals surface area contributed by atoms with Gasteiger partial charge in [0.25, 0.3) is 5.56 Å². The molecule has 0 N–H and O–H groups in total. The van der Waals surface area contributed by atoms with E-state index in [9.17, 15) is 4.79 Å². The normalized spacial score (nSPS) is 12.2. The molecule has 0 radical (unpaired) electrons. The summed E-state index contributed by atoms with van der Waals surface area (Å²) in [7, 11) is 1.84. The predicted octanol–water partition coefficient (Wildman–Crippen LogP) is 2.81. The summed E-state index contributed by atoms with van der Waals surface area (Å²) >= 11 is 0. The molecule has 2 heteroatoms. The first-order valence-corrected chi connectivity index (χ1v) is 5.45. The fourth-order valence-corrected chi connectivity index (χ4v) is 1.71. The van der Waals surface area contributed by atoms with E-state index in [4.69, 9.17) is 0 Å². The third-order valence-electron chi connectivity index (χ3n) is 2.72. The Hall–Kier alpha value is -1.05. The summed E-state index contributed by atoms with van der Waals surface area (Å²) in [6.07, 6.45) is 0. The van der Waals surface area contributed by atoms with E-state index in [-0.39, 0.29) is 11.0 Å². The summed E-state index contributed by atoms with van der Waals surface area (Å²) < 4.78 is 1.74. The highest BCUT2D eigenvalue weighted by atomic mass is 16.1. The molecule has 0 atom stereocenters. The van der Waals surface area contributed by atoms with Crippen molar-refractivity contribution in [3.63, 3.8) is 0 Å². The third-order valence-corrected chi connectivity index (χ3v) is 2.72. The highest BCUT2D eigenvalue weighted by molar-refractivity contribution is 5.25. The van der Waals surface area contributed by atoms with Crippen LogP contribution in [0.25, 0.3) is 0 Å². The highest BCUT2D eigenvalue weighted by Gasteiger charge is 2.18. The van der Waals surface area contributed by atoms with Gasteiger partial charge in [-0.25, -0.2) is 0 Å². The molecule has 0 aromatic carbocycles. The third kappa shape index (κ3) is 2.49. The van der Waals surface area contributed by atoms with Crippen LogP contribution in [0.1, 0.15) is 51.8 Å². The molecule has 0 amide bonds. The van der Waals surface area contributed by atoms with E-state index < -0.39 is 0 Å². The zero-order valence-corrected chi connectivity index (χ0v) is 10.6. The zero-order chi connectivity index (χ0) is 11.8. The Kier molecular flexibility index (Phi) is 3.08. The Labute approximate surface area is 91.9 Å². The summed E-state index contributed by atoms with van der Waals surface area (Å²) in [6, 6.07) is 3.88. The summed E-state index contributed by atoms with van der Waals surface area (Å²) in [4.78, 5) is 11.8. The summed E-state index contributed by atoms with van der Waals surface area (Å²) in [5, 5.41) is 0. The Morgan fingerprint density at radius 1 is 1.20 bits per heavy atom. The number of nitrogens with zero attached hydrogens (tertiary/aromatic N) is 1. The first-order chi connectivity index (χ1) is 6.73. The van der Waals surface area contributed by atoms with Gasteiger partial charge in [0.15, 0.2) is 0 Å². The standard InChI is InChI=1S/C13H21NO/c1-9(2)10-7-11(13(3,4)5)14(6)12(15)8-10/h7-9H,1-6H3. The molecule has 1 aromatic rings. The molecule has 2 nitrogen and oxygen atoms in total. The minimum absolute atomic E-state index is 0.0127. The van der Waals surface area contributed by atoms with Crippen LogP contribution in [-0.2, 0) is 12.5 Å². The Morgan fingerprint density at radius 2 is 1.73 bits per heavy atom. The number of pyridine rings is 1. The van der Waals surface area contributed by atoms with Crippen molar-refractivity contribution >= 4 is 0 Å². The maximum absolute atomic E-state index is 11.8. The van der Waals surface area contributed by atoms with Gasteiger partial charge in [0.1, 0.15) is 0 Å². The van der Waals surface area contributed by atoms with Crippen molar-refractivity contribution < 1.29 is 0 Å².